The van der Waals surface area contributed by atoms with E-state index in [2.05, 4.69) is 21.8 Å². The first kappa shape index (κ1) is 9.40. The molecule has 4 heteroatoms. The highest BCUT2D eigenvalue weighted by Crippen LogP contribution is 2.29. The Morgan fingerprint density at radius 2 is 2.50 bits per heavy atom. The second-order valence-electron chi connectivity index (χ2n) is 3.63. The normalized spacial score (nSPS) is 22.8. The maximum absolute atomic E-state index is 5.57. The molecule has 0 radical (unpaired) electrons. The lowest BCUT2D eigenvalue weighted by atomic mass is 10.1. The maximum atomic E-state index is 5.57. The van der Waals surface area contributed by atoms with Crippen LogP contribution in [0.4, 0.5) is 5.95 Å². The van der Waals surface area contributed by atoms with Crippen molar-refractivity contribution < 1.29 is 0 Å². The van der Waals surface area contributed by atoms with E-state index in [0.717, 1.165) is 12.2 Å². The van der Waals surface area contributed by atoms with Gasteiger partial charge in [-0.2, -0.15) is 0 Å². The van der Waals surface area contributed by atoms with E-state index in [1.807, 2.05) is 6.07 Å². The van der Waals surface area contributed by atoms with Crippen LogP contribution in [0.3, 0.4) is 0 Å². The predicted molar refractivity (Wildman–Crippen MR) is 55.7 cm³/mol. The monoisotopic (exact) mass is 192 g/mol. The molecule has 1 aliphatic rings. The number of aromatic nitrogens is 2. The van der Waals surface area contributed by atoms with Crippen LogP contribution < -0.4 is 5.73 Å². The van der Waals surface area contributed by atoms with Gasteiger partial charge in [-0.05, 0) is 32.0 Å². The van der Waals surface area contributed by atoms with E-state index in [1.54, 1.807) is 6.20 Å². The third-order valence-corrected chi connectivity index (χ3v) is 2.81. The molecule has 2 heterocycles. The molecule has 1 fully saturated rings. The summed E-state index contributed by atoms with van der Waals surface area (Å²) in [6.45, 7) is 4.43. The third kappa shape index (κ3) is 1.70. The first-order valence-electron chi connectivity index (χ1n) is 5.13. The van der Waals surface area contributed by atoms with Gasteiger partial charge in [-0.1, -0.05) is 6.92 Å². The van der Waals surface area contributed by atoms with Gasteiger partial charge in [-0.25, -0.2) is 9.97 Å². The Kier molecular flexibility index (Phi) is 2.63. The van der Waals surface area contributed by atoms with Gasteiger partial charge < -0.3 is 5.73 Å². The Morgan fingerprint density at radius 1 is 1.64 bits per heavy atom. The van der Waals surface area contributed by atoms with Crippen LogP contribution in [0, 0.1) is 0 Å². The highest BCUT2D eigenvalue weighted by atomic mass is 15.2. The molecule has 0 unspecified atom stereocenters. The molecule has 0 aliphatic carbocycles. The summed E-state index contributed by atoms with van der Waals surface area (Å²) >= 11 is 0. The van der Waals surface area contributed by atoms with Crippen LogP contribution in [0.2, 0.25) is 0 Å². The SMILES string of the molecule is CCN1CCC[C@@H]1c1ccnc(N)n1. The second-order valence-corrected chi connectivity index (χ2v) is 3.63. The number of nitrogens with zero attached hydrogens (tertiary/aromatic N) is 3. The third-order valence-electron chi connectivity index (χ3n) is 2.81. The molecule has 4 nitrogen and oxygen atoms in total. The van der Waals surface area contributed by atoms with E-state index >= 15 is 0 Å². The largest absolute Gasteiger partial charge is 0.368 e. The number of anilines is 1. The summed E-state index contributed by atoms with van der Waals surface area (Å²) in [5.74, 6) is 0.380. The molecule has 2 N–H and O–H groups in total. The number of hydrogen-bond acceptors (Lipinski definition) is 4. The minimum atomic E-state index is 0.380. The average molecular weight is 192 g/mol. The molecule has 2 rings (SSSR count). The number of likely N-dealkylation sites (tertiary alicyclic amines) is 1. The first-order valence-corrected chi connectivity index (χ1v) is 5.13. The van der Waals surface area contributed by atoms with E-state index < -0.39 is 0 Å². The molecule has 0 amide bonds. The van der Waals surface area contributed by atoms with Crippen LogP contribution in [0.1, 0.15) is 31.5 Å². The Labute approximate surface area is 84.2 Å². The van der Waals surface area contributed by atoms with Crippen LogP contribution in [0.15, 0.2) is 12.3 Å². The van der Waals surface area contributed by atoms with Crippen molar-refractivity contribution in [3.8, 4) is 0 Å². The molecule has 0 spiro atoms. The van der Waals surface area contributed by atoms with Crippen molar-refractivity contribution >= 4 is 5.95 Å². The summed E-state index contributed by atoms with van der Waals surface area (Å²) in [6, 6.07) is 2.42. The standard InChI is InChI=1S/C10H16N4/c1-2-14-7-3-4-9(14)8-5-6-12-10(11)13-8/h5-6,9H,2-4,7H2,1H3,(H2,11,12,13)/t9-/m1/s1. The van der Waals surface area contributed by atoms with Crippen LogP contribution in [0.25, 0.3) is 0 Å². The Hall–Kier alpha value is -1.16. The van der Waals surface area contributed by atoms with Crippen molar-refractivity contribution in [3.05, 3.63) is 18.0 Å². The molecule has 0 bridgehead atoms. The number of nitrogen functional groups attached to an aromatic ring is 1. The molecular formula is C10H16N4. The van der Waals surface area contributed by atoms with Crippen molar-refractivity contribution in [2.45, 2.75) is 25.8 Å². The summed E-state index contributed by atoms with van der Waals surface area (Å²) in [6.07, 6.45) is 4.18. The fraction of sp³-hybridized carbons (Fsp3) is 0.600. The highest BCUT2D eigenvalue weighted by molar-refractivity contribution is 5.20. The van der Waals surface area contributed by atoms with Crippen LogP contribution in [0.5, 0.6) is 0 Å². The Bertz CT molecular complexity index is 313. The lowest BCUT2D eigenvalue weighted by Gasteiger charge is -2.21. The fourth-order valence-corrected chi connectivity index (χ4v) is 2.11. The molecule has 76 valence electrons. The molecule has 1 aliphatic heterocycles. The smallest absolute Gasteiger partial charge is 0.220 e. The minimum Gasteiger partial charge on any atom is -0.368 e. The van der Waals surface area contributed by atoms with E-state index in [0.29, 0.717) is 12.0 Å². The van der Waals surface area contributed by atoms with Gasteiger partial charge in [0.2, 0.25) is 5.95 Å². The zero-order chi connectivity index (χ0) is 9.97. The zero-order valence-corrected chi connectivity index (χ0v) is 8.48. The van der Waals surface area contributed by atoms with Gasteiger partial charge in [0.05, 0.1) is 11.7 Å². The van der Waals surface area contributed by atoms with Crippen molar-refractivity contribution in [1.29, 1.82) is 0 Å². The molecule has 14 heavy (non-hydrogen) atoms. The summed E-state index contributed by atoms with van der Waals surface area (Å²) in [7, 11) is 0. The summed E-state index contributed by atoms with van der Waals surface area (Å²) < 4.78 is 0. The second kappa shape index (κ2) is 3.92. The highest BCUT2D eigenvalue weighted by Gasteiger charge is 2.25. The number of rotatable bonds is 2. The van der Waals surface area contributed by atoms with Gasteiger partial charge in [-0.3, -0.25) is 4.90 Å². The topological polar surface area (TPSA) is 55.0 Å². The molecule has 1 aromatic heterocycles. The number of hydrogen-bond donors (Lipinski definition) is 1. The Morgan fingerprint density at radius 3 is 3.21 bits per heavy atom. The van der Waals surface area contributed by atoms with E-state index in [4.69, 9.17) is 5.73 Å². The van der Waals surface area contributed by atoms with E-state index in [-0.39, 0.29) is 0 Å². The van der Waals surface area contributed by atoms with E-state index in [1.165, 1.54) is 19.4 Å². The molecule has 1 saturated heterocycles. The van der Waals surface area contributed by atoms with Gasteiger partial charge in [0.25, 0.3) is 0 Å². The minimum absolute atomic E-state index is 0.380. The summed E-state index contributed by atoms with van der Waals surface area (Å²) in [5, 5.41) is 0. The van der Waals surface area contributed by atoms with Crippen molar-refractivity contribution in [2.24, 2.45) is 0 Å². The first-order chi connectivity index (χ1) is 6.81. The fourth-order valence-electron chi connectivity index (χ4n) is 2.11. The average Bonchev–Trinajstić information content (AvgIpc) is 2.65. The van der Waals surface area contributed by atoms with Crippen molar-refractivity contribution in [3.63, 3.8) is 0 Å². The van der Waals surface area contributed by atoms with Crippen LogP contribution >= 0.6 is 0 Å². The summed E-state index contributed by atoms with van der Waals surface area (Å²) in [4.78, 5) is 10.6. The Balaban J connectivity index is 2.21. The summed E-state index contributed by atoms with van der Waals surface area (Å²) in [5.41, 5.74) is 6.64. The molecule has 0 saturated carbocycles. The lowest BCUT2D eigenvalue weighted by molar-refractivity contribution is 0.267. The predicted octanol–water partition coefficient (Wildman–Crippen LogP) is 1.22. The molecular weight excluding hydrogens is 176 g/mol. The van der Waals surface area contributed by atoms with Gasteiger partial charge in [0.15, 0.2) is 0 Å². The molecule has 0 aromatic carbocycles. The van der Waals surface area contributed by atoms with Crippen molar-refractivity contribution in [1.82, 2.24) is 14.9 Å². The maximum Gasteiger partial charge on any atom is 0.220 e. The molecule has 1 atom stereocenters. The van der Waals surface area contributed by atoms with Crippen LogP contribution in [-0.2, 0) is 0 Å². The van der Waals surface area contributed by atoms with Gasteiger partial charge in [0.1, 0.15) is 0 Å². The lowest BCUT2D eigenvalue weighted by Crippen LogP contribution is -2.23. The van der Waals surface area contributed by atoms with Gasteiger partial charge in [0, 0.05) is 6.20 Å². The van der Waals surface area contributed by atoms with Gasteiger partial charge in [-0.15, -0.1) is 0 Å². The van der Waals surface area contributed by atoms with Crippen molar-refractivity contribution in [2.75, 3.05) is 18.8 Å². The zero-order valence-electron chi connectivity index (χ0n) is 8.48. The molecule has 1 aromatic rings. The van der Waals surface area contributed by atoms with Crippen LogP contribution in [-0.4, -0.2) is 28.0 Å². The van der Waals surface area contributed by atoms with Gasteiger partial charge >= 0.3 is 0 Å². The quantitative estimate of drug-likeness (QED) is 0.765. The van der Waals surface area contributed by atoms with E-state index in [9.17, 15) is 0 Å². The number of nitrogens with two attached hydrogens (primary N) is 1.